The second-order valence-electron chi connectivity index (χ2n) is 6.14. The minimum atomic E-state index is -0.744. The SMILES string of the molecule is Fc1cc(F)c2c(c1)CCC2.NC(=O)Cn1c(=O)[nH]c2c(c1=O)=CN[CH]C=2.[HH].[HH]. The molecule has 2 heterocycles. The summed E-state index contributed by atoms with van der Waals surface area (Å²) in [4.78, 5) is 36.5. The molecule has 0 bridgehead atoms. The van der Waals surface area contributed by atoms with Crippen molar-refractivity contribution in [3.05, 3.63) is 72.8 Å². The van der Waals surface area contributed by atoms with Gasteiger partial charge in [-0.2, -0.15) is 0 Å². The van der Waals surface area contributed by atoms with E-state index in [2.05, 4.69) is 10.3 Å². The molecule has 2 aliphatic rings. The smallest absolute Gasteiger partial charge is 0.329 e. The van der Waals surface area contributed by atoms with Gasteiger partial charge in [0.05, 0.1) is 17.1 Å². The third-order valence-corrected chi connectivity index (χ3v) is 4.27. The summed E-state index contributed by atoms with van der Waals surface area (Å²) in [7, 11) is 0. The van der Waals surface area contributed by atoms with Crippen molar-refractivity contribution in [2.24, 2.45) is 5.73 Å². The molecule has 2 aromatic rings. The Morgan fingerprint density at radius 1 is 1.26 bits per heavy atom. The van der Waals surface area contributed by atoms with Crippen LogP contribution < -0.4 is 32.9 Å². The fourth-order valence-corrected chi connectivity index (χ4v) is 3.05. The Morgan fingerprint density at radius 3 is 2.78 bits per heavy atom. The zero-order valence-corrected chi connectivity index (χ0v) is 14.2. The van der Waals surface area contributed by atoms with Crippen molar-refractivity contribution in [3.8, 4) is 0 Å². The number of hydrogen-bond acceptors (Lipinski definition) is 4. The number of rotatable bonds is 2. The van der Waals surface area contributed by atoms with E-state index in [-0.39, 0.29) is 8.67 Å². The van der Waals surface area contributed by atoms with Gasteiger partial charge in [-0.1, -0.05) is 0 Å². The first kappa shape index (κ1) is 18.6. The molecule has 1 aliphatic heterocycles. The number of nitrogens with one attached hydrogen (secondary N) is 2. The van der Waals surface area contributed by atoms with Gasteiger partial charge >= 0.3 is 5.69 Å². The summed E-state index contributed by atoms with van der Waals surface area (Å²) in [6.45, 7) is 1.15. The van der Waals surface area contributed by atoms with Gasteiger partial charge in [-0.25, -0.2) is 13.6 Å². The number of nitrogens with zero attached hydrogens (tertiary/aromatic N) is 1. The highest BCUT2D eigenvalue weighted by Gasteiger charge is 2.15. The van der Waals surface area contributed by atoms with Crippen molar-refractivity contribution in [3.63, 3.8) is 0 Å². The second kappa shape index (κ2) is 7.56. The van der Waals surface area contributed by atoms with E-state index in [4.69, 9.17) is 5.73 Å². The summed E-state index contributed by atoms with van der Waals surface area (Å²) >= 11 is 0. The fraction of sp³-hybridized carbons (Fsp3) is 0.222. The van der Waals surface area contributed by atoms with E-state index >= 15 is 0 Å². The number of nitrogens with two attached hydrogens (primary N) is 1. The molecule has 4 rings (SSSR count). The van der Waals surface area contributed by atoms with Gasteiger partial charge in [-0.3, -0.25) is 14.2 Å². The van der Waals surface area contributed by atoms with Crippen molar-refractivity contribution in [1.29, 1.82) is 0 Å². The third-order valence-electron chi connectivity index (χ3n) is 4.27. The van der Waals surface area contributed by atoms with E-state index in [0.717, 1.165) is 35.5 Å². The van der Waals surface area contributed by atoms with Crippen LogP contribution in [-0.2, 0) is 24.2 Å². The fourth-order valence-electron chi connectivity index (χ4n) is 3.05. The Bertz CT molecular complexity index is 1150. The van der Waals surface area contributed by atoms with Gasteiger partial charge in [0.2, 0.25) is 5.91 Å². The highest BCUT2D eigenvalue weighted by atomic mass is 19.1. The maximum Gasteiger partial charge on any atom is 0.329 e. The summed E-state index contributed by atoms with van der Waals surface area (Å²) in [5.41, 5.74) is 5.31. The highest BCUT2D eigenvalue weighted by Crippen LogP contribution is 2.25. The predicted molar refractivity (Wildman–Crippen MR) is 98.7 cm³/mol. The maximum atomic E-state index is 12.9. The number of aryl methyl sites for hydroxylation is 1. The Labute approximate surface area is 154 Å². The summed E-state index contributed by atoms with van der Waals surface area (Å²) in [5, 5.41) is 3.43. The molecule has 27 heavy (non-hydrogen) atoms. The first-order chi connectivity index (χ1) is 12.9. The largest absolute Gasteiger partial charge is 0.381 e. The molecule has 0 unspecified atom stereocenters. The monoisotopic (exact) mass is 379 g/mol. The normalized spacial score (nSPS) is 13.9. The lowest BCUT2D eigenvalue weighted by molar-refractivity contribution is -0.118. The molecule has 1 aromatic carbocycles. The van der Waals surface area contributed by atoms with Crippen molar-refractivity contribution in [2.45, 2.75) is 25.8 Å². The molecule has 1 radical (unpaired) electrons. The summed E-state index contributed by atoms with van der Waals surface area (Å²) in [6.07, 6.45) is 5.55. The van der Waals surface area contributed by atoms with Crippen LogP contribution >= 0.6 is 0 Å². The first-order valence-corrected chi connectivity index (χ1v) is 8.25. The molecule has 7 nitrogen and oxygen atoms in total. The lowest BCUT2D eigenvalue weighted by atomic mass is 10.1. The predicted octanol–water partition coefficient (Wildman–Crippen LogP) is -0.749. The van der Waals surface area contributed by atoms with Crippen LogP contribution in [0.1, 0.15) is 20.4 Å². The van der Waals surface area contributed by atoms with E-state index in [1.807, 2.05) is 0 Å². The van der Waals surface area contributed by atoms with Crippen LogP contribution in [0.4, 0.5) is 8.78 Å². The Hall–Kier alpha value is -3.23. The zero-order chi connectivity index (χ0) is 19.6. The molecule has 0 spiro atoms. The van der Waals surface area contributed by atoms with Gasteiger partial charge in [0.15, 0.2) is 0 Å². The van der Waals surface area contributed by atoms with Gasteiger partial charge in [-0.15, -0.1) is 0 Å². The Morgan fingerprint density at radius 2 is 2.04 bits per heavy atom. The Balaban J connectivity index is 0.000000286. The van der Waals surface area contributed by atoms with Crippen LogP contribution in [0.15, 0.2) is 21.7 Å². The van der Waals surface area contributed by atoms with Crippen molar-refractivity contribution in [2.75, 3.05) is 0 Å². The van der Waals surface area contributed by atoms with Gasteiger partial charge in [0.1, 0.15) is 18.2 Å². The number of amides is 1. The van der Waals surface area contributed by atoms with Crippen LogP contribution in [-0.4, -0.2) is 15.5 Å². The summed E-state index contributed by atoms with van der Waals surface area (Å²) in [5.74, 6) is -1.58. The molecule has 145 valence electrons. The summed E-state index contributed by atoms with van der Waals surface area (Å²) < 4.78 is 26.3. The lowest BCUT2D eigenvalue weighted by Gasteiger charge is -2.05. The lowest BCUT2D eigenvalue weighted by Crippen LogP contribution is -2.56. The van der Waals surface area contributed by atoms with Crippen LogP contribution in [0.25, 0.3) is 12.3 Å². The topological polar surface area (TPSA) is 110 Å². The number of halogens is 2. The number of aromatic amines is 1. The van der Waals surface area contributed by atoms with Gasteiger partial charge in [0, 0.05) is 15.1 Å². The van der Waals surface area contributed by atoms with E-state index < -0.39 is 29.5 Å². The van der Waals surface area contributed by atoms with Crippen molar-refractivity contribution >= 4 is 18.2 Å². The zero-order valence-electron chi connectivity index (χ0n) is 14.2. The number of fused-ring (bicyclic) bond motifs is 2. The molecule has 9 heteroatoms. The molecular weight excluding hydrogens is 358 g/mol. The molecule has 1 amide bonds. The minimum Gasteiger partial charge on any atom is -0.381 e. The standard InChI is InChI=1S/C9H8F2.C9H9N4O3.2H2/c10-7-4-6-2-1-3-8(6)9(11)5-7;10-7(14)4-13-8(15)5-3-11-2-1-6(5)12-9(13)16;;/h4-5H,1-3H2;1-3,11H,4H2,(H2,10,14)(H,12,16);2*1H. The molecule has 0 saturated heterocycles. The molecule has 0 atom stereocenters. The van der Waals surface area contributed by atoms with Crippen LogP contribution in [0.2, 0.25) is 0 Å². The third kappa shape index (κ3) is 3.97. The number of carbonyl (C=O) groups excluding carboxylic acids is 1. The van der Waals surface area contributed by atoms with E-state index in [1.54, 1.807) is 12.6 Å². The quantitative estimate of drug-likeness (QED) is 0.638. The first-order valence-electron chi connectivity index (χ1n) is 8.25. The van der Waals surface area contributed by atoms with Gasteiger partial charge in [-0.05, 0) is 42.5 Å². The van der Waals surface area contributed by atoms with E-state index in [9.17, 15) is 23.2 Å². The Kier molecular flexibility index (Phi) is 5.20. The molecular formula is C18H21F2N4O3. The average molecular weight is 379 g/mol. The van der Waals surface area contributed by atoms with E-state index in [0.29, 0.717) is 16.1 Å². The van der Waals surface area contributed by atoms with Crippen molar-refractivity contribution in [1.82, 2.24) is 14.9 Å². The average Bonchev–Trinajstić information content (AvgIpc) is 3.08. The molecule has 1 aliphatic carbocycles. The molecule has 0 fully saturated rings. The maximum absolute atomic E-state index is 12.9. The van der Waals surface area contributed by atoms with Crippen LogP contribution in [0.3, 0.4) is 0 Å². The number of benzene rings is 1. The van der Waals surface area contributed by atoms with Gasteiger partial charge in [0.25, 0.3) is 5.56 Å². The number of aromatic nitrogens is 2. The van der Waals surface area contributed by atoms with Gasteiger partial charge < -0.3 is 16.0 Å². The van der Waals surface area contributed by atoms with E-state index in [1.165, 1.54) is 12.3 Å². The molecule has 1 aromatic heterocycles. The van der Waals surface area contributed by atoms with Crippen molar-refractivity contribution < 1.29 is 16.4 Å². The summed E-state index contributed by atoms with van der Waals surface area (Å²) in [6, 6.07) is 2.40. The number of carbonyl (C=O) groups is 1. The van der Waals surface area contributed by atoms with Crippen LogP contribution in [0, 0.1) is 18.2 Å². The second-order valence-corrected chi connectivity index (χ2v) is 6.14. The minimum absolute atomic E-state index is 0. The highest BCUT2D eigenvalue weighted by molar-refractivity contribution is 5.73. The molecule has 0 saturated carbocycles. The number of H-pyrrole nitrogens is 1. The van der Waals surface area contributed by atoms with Crippen LogP contribution in [0.5, 0.6) is 0 Å². The number of primary amides is 1. The molecule has 4 N–H and O–H groups in total. The number of hydrogen-bond donors (Lipinski definition) is 3.